The highest BCUT2D eigenvalue weighted by atomic mass is 16.2. The van der Waals surface area contributed by atoms with Crippen LogP contribution in [-0.2, 0) is 4.79 Å². The van der Waals surface area contributed by atoms with E-state index < -0.39 is 0 Å². The fraction of sp³-hybridized carbons (Fsp3) is 0.895. The lowest BCUT2D eigenvalue weighted by Crippen LogP contribution is -2.53. The van der Waals surface area contributed by atoms with Gasteiger partial charge < -0.3 is 16.0 Å². The van der Waals surface area contributed by atoms with Gasteiger partial charge in [0.05, 0.1) is 0 Å². The zero-order valence-corrected chi connectivity index (χ0v) is 17.4. The lowest BCUT2D eigenvalue weighted by Gasteiger charge is -2.33. The lowest BCUT2D eigenvalue weighted by atomic mass is 9.80. The normalized spacial score (nSPS) is 13.4. The fourth-order valence-electron chi connectivity index (χ4n) is 2.38. The first kappa shape index (κ1) is 22.7. The molecule has 0 aliphatic rings. The number of carbonyl (C=O) groups is 2. The van der Waals surface area contributed by atoms with Crippen molar-refractivity contribution in [2.75, 3.05) is 0 Å². The van der Waals surface area contributed by atoms with Crippen molar-refractivity contribution in [3.05, 3.63) is 0 Å². The Bertz CT molecular complexity index is 399. The van der Waals surface area contributed by atoms with E-state index in [1.54, 1.807) is 0 Å². The van der Waals surface area contributed by atoms with E-state index in [1.165, 1.54) is 0 Å². The minimum absolute atomic E-state index is 0.0729. The summed E-state index contributed by atoms with van der Waals surface area (Å²) >= 11 is 0. The topological polar surface area (TPSA) is 70.2 Å². The molecule has 3 amide bonds. The zero-order valence-electron chi connectivity index (χ0n) is 17.4. The van der Waals surface area contributed by atoms with Crippen LogP contribution >= 0.6 is 0 Å². The zero-order chi connectivity index (χ0) is 19.4. The van der Waals surface area contributed by atoms with Gasteiger partial charge in [0.1, 0.15) is 0 Å². The molecule has 0 unspecified atom stereocenters. The van der Waals surface area contributed by atoms with Crippen molar-refractivity contribution < 1.29 is 9.59 Å². The minimum Gasteiger partial charge on any atom is -0.351 e. The summed E-state index contributed by atoms with van der Waals surface area (Å²) in [4.78, 5) is 24.2. The van der Waals surface area contributed by atoms with Crippen molar-refractivity contribution >= 4 is 11.9 Å². The molecule has 5 heteroatoms. The summed E-state index contributed by atoms with van der Waals surface area (Å²) in [5.74, 6) is 0.0729. The van der Waals surface area contributed by atoms with Crippen LogP contribution in [0, 0.1) is 5.41 Å². The molecule has 3 N–H and O–H groups in total. The van der Waals surface area contributed by atoms with E-state index in [9.17, 15) is 9.59 Å². The highest BCUT2D eigenvalue weighted by molar-refractivity contribution is 5.77. The van der Waals surface area contributed by atoms with Gasteiger partial charge in [0.25, 0.3) is 0 Å². The Morgan fingerprint density at radius 3 is 1.54 bits per heavy atom. The second-order valence-electron chi connectivity index (χ2n) is 10.4. The second kappa shape index (κ2) is 7.75. The van der Waals surface area contributed by atoms with E-state index in [-0.39, 0.29) is 34.0 Å². The first-order valence-corrected chi connectivity index (χ1v) is 8.82. The van der Waals surface area contributed by atoms with Crippen LogP contribution in [0.1, 0.15) is 88.5 Å². The third kappa shape index (κ3) is 12.2. The van der Waals surface area contributed by atoms with Gasteiger partial charge in [-0.1, -0.05) is 13.8 Å². The molecule has 142 valence electrons. The number of urea groups is 1. The van der Waals surface area contributed by atoms with Crippen molar-refractivity contribution in [3.8, 4) is 0 Å². The summed E-state index contributed by atoms with van der Waals surface area (Å²) in [5.41, 5.74) is -0.911. The van der Waals surface area contributed by atoms with Crippen LogP contribution < -0.4 is 16.0 Å². The molecule has 0 heterocycles. The molecule has 0 saturated heterocycles. The third-order valence-electron chi connectivity index (χ3n) is 3.52. The Morgan fingerprint density at radius 2 is 1.12 bits per heavy atom. The van der Waals surface area contributed by atoms with Gasteiger partial charge in [-0.25, -0.2) is 4.79 Å². The van der Waals surface area contributed by atoms with Gasteiger partial charge in [-0.05, 0) is 73.6 Å². The molecule has 0 radical (unpaired) electrons. The van der Waals surface area contributed by atoms with Crippen LogP contribution in [0.3, 0.4) is 0 Å². The van der Waals surface area contributed by atoms with Crippen LogP contribution in [0.15, 0.2) is 0 Å². The first-order chi connectivity index (χ1) is 10.4. The number of amides is 3. The van der Waals surface area contributed by atoms with Crippen molar-refractivity contribution in [2.45, 2.75) is 105 Å². The van der Waals surface area contributed by atoms with Crippen LogP contribution in [0.5, 0.6) is 0 Å². The van der Waals surface area contributed by atoms with Gasteiger partial charge in [0, 0.05) is 23.0 Å². The van der Waals surface area contributed by atoms with Crippen LogP contribution in [-0.4, -0.2) is 28.6 Å². The molecule has 0 bridgehead atoms. The summed E-state index contributed by atoms with van der Waals surface area (Å²) in [6, 6.07) is -0.157. The Balaban J connectivity index is 4.51. The van der Waals surface area contributed by atoms with Crippen molar-refractivity contribution in [1.82, 2.24) is 16.0 Å². The van der Waals surface area contributed by atoms with E-state index in [0.29, 0.717) is 6.42 Å². The predicted molar refractivity (Wildman–Crippen MR) is 101 cm³/mol. The van der Waals surface area contributed by atoms with Gasteiger partial charge in [0.15, 0.2) is 0 Å². The van der Waals surface area contributed by atoms with Crippen LogP contribution in [0.2, 0.25) is 0 Å². The van der Waals surface area contributed by atoms with Crippen LogP contribution in [0.25, 0.3) is 0 Å². The monoisotopic (exact) mass is 341 g/mol. The van der Waals surface area contributed by atoms with E-state index in [1.807, 2.05) is 55.4 Å². The molecule has 0 aliphatic heterocycles. The Morgan fingerprint density at radius 1 is 0.667 bits per heavy atom. The molecule has 0 aromatic carbocycles. The summed E-state index contributed by atoms with van der Waals surface area (Å²) in [5, 5.41) is 8.95. The molecule has 0 saturated carbocycles. The third-order valence-corrected chi connectivity index (χ3v) is 3.52. The Labute approximate surface area is 148 Å². The first-order valence-electron chi connectivity index (χ1n) is 8.82. The van der Waals surface area contributed by atoms with Gasteiger partial charge in [-0.3, -0.25) is 4.79 Å². The standard InChI is InChI=1S/C19H39N3O2/c1-16(2,3)20-14(23)13-18(7,8)11-12-19(9,10)22-15(24)21-17(4,5)6/h11-13H2,1-10H3,(H,20,23)(H2,21,22,24). The summed E-state index contributed by atoms with van der Waals surface area (Å²) in [7, 11) is 0. The molecule has 0 aromatic heterocycles. The highest BCUT2D eigenvalue weighted by Crippen LogP contribution is 2.30. The SMILES string of the molecule is CC(C)(CCC(C)(C)NC(=O)NC(C)(C)C)CC(=O)NC(C)(C)C. The van der Waals surface area contributed by atoms with Crippen molar-refractivity contribution in [1.29, 1.82) is 0 Å². The summed E-state index contributed by atoms with van der Waals surface area (Å²) in [6.07, 6.45) is 2.14. The average Bonchev–Trinajstić information content (AvgIpc) is 2.19. The maximum atomic E-state index is 12.1. The van der Waals surface area contributed by atoms with E-state index in [0.717, 1.165) is 12.8 Å². The smallest absolute Gasteiger partial charge is 0.315 e. The molecule has 0 aromatic rings. The van der Waals surface area contributed by atoms with E-state index in [2.05, 4.69) is 29.8 Å². The molecule has 0 aliphatic carbocycles. The van der Waals surface area contributed by atoms with Crippen molar-refractivity contribution in [2.24, 2.45) is 5.41 Å². The number of hydrogen-bond donors (Lipinski definition) is 3. The predicted octanol–water partition coefficient (Wildman–Crippen LogP) is 3.97. The molecule has 0 atom stereocenters. The maximum absolute atomic E-state index is 12.1. The lowest BCUT2D eigenvalue weighted by molar-refractivity contribution is -0.124. The van der Waals surface area contributed by atoms with Gasteiger partial charge in [0.2, 0.25) is 5.91 Å². The molecular weight excluding hydrogens is 302 g/mol. The molecule has 0 spiro atoms. The summed E-state index contributed by atoms with van der Waals surface area (Å²) in [6.45, 7) is 20.0. The van der Waals surface area contributed by atoms with E-state index >= 15 is 0 Å². The highest BCUT2D eigenvalue weighted by Gasteiger charge is 2.29. The quantitative estimate of drug-likeness (QED) is 0.684. The van der Waals surface area contributed by atoms with Gasteiger partial charge >= 0.3 is 6.03 Å². The molecule has 0 rings (SSSR count). The number of hydrogen-bond acceptors (Lipinski definition) is 2. The Kier molecular flexibility index (Phi) is 7.34. The maximum Gasteiger partial charge on any atom is 0.315 e. The summed E-state index contributed by atoms with van der Waals surface area (Å²) < 4.78 is 0. The minimum atomic E-state index is -0.326. The van der Waals surface area contributed by atoms with Crippen LogP contribution in [0.4, 0.5) is 4.79 Å². The molecule has 5 nitrogen and oxygen atoms in total. The average molecular weight is 342 g/mol. The molecule has 24 heavy (non-hydrogen) atoms. The van der Waals surface area contributed by atoms with E-state index in [4.69, 9.17) is 0 Å². The van der Waals surface area contributed by atoms with Crippen molar-refractivity contribution in [3.63, 3.8) is 0 Å². The number of rotatable bonds is 6. The molecular formula is C19H39N3O2. The Hall–Kier alpha value is -1.26. The molecule has 0 fully saturated rings. The number of nitrogens with one attached hydrogen (secondary N) is 3. The second-order valence-corrected chi connectivity index (χ2v) is 10.4. The largest absolute Gasteiger partial charge is 0.351 e. The van der Waals surface area contributed by atoms with Gasteiger partial charge in [-0.2, -0.15) is 0 Å². The number of carbonyl (C=O) groups excluding carboxylic acids is 2. The van der Waals surface area contributed by atoms with Gasteiger partial charge in [-0.15, -0.1) is 0 Å². The fourth-order valence-corrected chi connectivity index (χ4v) is 2.38.